The summed E-state index contributed by atoms with van der Waals surface area (Å²) in [5.41, 5.74) is 1.17. The molecule has 1 amide bonds. The number of H-pyrrole nitrogens is 1. The van der Waals surface area contributed by atoms with Crippen molar-refractivity contribution in [3.8, 4) is 0 Å². The average Bonchev–Trinajstić information content (AvgIpc) is 2.94. The summed E-state index contributed by atoms with van der Waals surface area (Å²) in [5.74, 6) is -1.56. The monoisotopic (exact) mass is 313 g/mol. The number of aromatic amines is 1. The molecular formula is C13H14F3N5O. The van der Waals surface area contributed by atoms with Gasteiger partial charge in [0.15, 0.2) is 0 Å². The fourth-order valence-corrected chi connectivity index (χ4v) is 1.64. The summed E-state index contributed by atoms with van der Waals surface area (Å²) in [6, 6.07) is 3.34. The SMILES string of the molecule is CC(C)c1ccc(C(=O)NCc2nc(C(F)(F)F)n[nH]2)nc1. The fraction of sp³-hybridized carbons (Fsp3) is 0.385. The van der Waals surface area contributed by atoms with E-state index in [-0.39, 0.29) is 18.1 Å². The Kier molecular flexibility index (Phi) is 4.43. The van der Waals surface area contributed by atoms with Crippen LogP contribution in [0.1, 0.15) is 47.5 Å². The number of nitrogens with one attached hydrogen (secondary N) is 2. The van der Waals surface area contributed by atoms with Gasteiger partial charge in [0.25, 0.3) is 11.7 Å². The summed E-state index contributed by atoms with van der Waals surface area (Å²) in [4.78, 5) is 19.1. The minimum atomic E-state index is -4.62. The van der Waals surface area contributed by atoms with Crippen molar-refractivity contribution in [2.45, 2.75) is 32.5 Å². The minimum Gasteiger partial charge on any atom is -0.343 e. The van der Waals surface area contributed by atoms with E-state index >= 15 is 0 Å². The van der Waals surface area contributed by atoms with Crippen LogP contribution in [0.15, 0.2) is 18.3 Å². The van der Waals surface area contributed by atoms with E-state index in [9.17, 15) is 18.0 Å². The van der Waals surface area contributed by atoms with Crippen molar-refractivity contribution in [1.29, 1.82) is 0 Å². The number of nitrogens with zero attached hydrogens (tertiary/aromatic N) is 3. The number of hydrogen-bond acceptors (Lipinski definition) is 4. The van der Waals surface area contributed by atoms with E-state index in [1.807, 2.05) is 13.8 Å². The van der Waals surface area contributed by atoms with Crippen LogP contribution in [0.5, 0.6) is 0 Å². The maximum atomic E-state index is 12.3. The second kappa shape index (κ2) is 6.12. The molecule has 0 fully saturated rings. The van der Waals surface area contributed by atoms with Crippen LogP contribution in [0.25, 0.3) is 0 Å². The number of aromatic nitrogens is 4. The largest absolute Gasteiger partial charge is 0.453 e. The van der Waals surface area contributed by atoms with E-state index in [1.54, 1.807) is 18.3 Å². The van der Waals surface area contributed by atoms with E-state index in [2.05, 4.69) is 25.5 Å². The van der Waals surface area contributed by atoms with Crippen molar-refractivity contribution >= 4 is 5.91 Å². The van der Waals surface area contributed by atoms with Crippen LogP contribution >= 0.6 is 0 Å². The normalized spacial score (nSPS) is 11.7. The first-order chi connectivity index (χ1) is 10.3. The van der Waals surface area contributed by atoms with Gasteiger partial charge in [-0.15, -0.1) is 5.10 Å². The Morgan fingerprint density at radius 2 is 2.09 bits per heavy atom. The van der Waals surface area contributed by atoms with Crippen LogP contribution in [0.3, 0.4) is 0 Å². The van der Waals surface area contributed by atoms with E-state index in [0.29, 0.717) is 5.92 Å². The topological polar surface area (TPSA) is 83.6 Å². The van der Waals surface area contributed by atoms with Crippen LogP contribution < -0.4 is 5.32 Å². The molecular weight excluding hydrogens is 299 g/mol. The number of hydrogen-bond donors (Lipinski definition) is 2. The number of carbonyl (C=O) groups excluding carboxylic acids is 1. The summed E-state index contributed by atoms with van der Waals surface area (Å²) in [7, 11) is 0. The van der Waals surface area contributed by atoms with Crippen LogP contribution in [0, 0.1) is 0 Å². The molecule has 6 nitrogen and oxygen atoms in total. The molecule has 2 aromatic rings. The van der Waals surface area contributed by atoms with Gasteiger partial charge < -0.3 is 5.32 Å². The third-order valence-corrected chi connectivity index (χ3v) is 2.89. The highest BCUT2D eigenvalue weighted by Gasteiger charge is 2.36. The standard InChI is InChI=1S/C13H14F3N5O/c1-7(2)8-3-4-9(17-5-8)11(22)18-6-10-19-12(21-20-10)13(14,15)16/h3-5,7H,6H2,1-2H3,(H,18,22)(H,19,20,21). The van der Waals surface area contributed by atoms with Gasteiger partial charge >= 0.3 is 6.18 Å². The van der Waals surface area contributed by atoms with Crippen molar-refractivity contribution in [2.75, 3.05) is 0 Å². The number of carbonyl (C=O) groups is 1. The van der Waals surface area contributed by atoms with Gasteiger partial charge in [-0.2, -0.15) is 13.2 Å². The summed E-state index contributed by atoms with van der Waals surface area (Å²) in [5, 5.41) is 7.59. The molecule has 118 valence electrons. The van der Waals surface area contributed by atoms with E-state index in [1.165, 1.54) is 0 Å². The van der Waals surface area contributed by atoms with Gasteiger partial charge in [0.1, 0.15) is 11.5 Å². The predicted octanol–water partition coefficient (Wildman–Crippen LogP) is 2.27. The van der Waals surface area contributed by atoms with E-state index < -0.39 is 17.9 Å². The molecule has 0 aliphatic rings. The molecule has 2 rings (SSSR count). The molecule has 0 spiro atoms. The first-order valence-corrected chi connectivity index (χ1v) is 6.50. The molecule has 2 heterocycles. The van der Waals surface area contributed by atoms with Gasteiger partial charge in [-0.05, 0) is 17.5 Å². The molecule has 0 atom stereocenters. The second-order valence-corrected chi connectivity index (χ2v) is 4.92. The Morgan fingerprint density at radius 1 is 1.36 bits per heavy atom. The predicted molar refractivity (Wildman–Crippen MR) is 70.9 cm³/mol. The van der Waals surface area contributed by atoms with Crippen LogP contribution in [-0.4, -0.2) is 26.1 Å². The summed E-state index contributed by atoms with van der Waals surface area (Å²) in [6.07, 6.45) is -3.03. The van der Waals surface area contributed by atoms with Crippen LogP contribution in [0.4, 0.5) is 13.2 Å². The number of alkyl halides is 3. The van der Waals surface area contributed by atoms with Crippen molar-refractivity contribution in [1.82, 2.24) is 25.5 Å². The van der Waals surface area contributed by atoms with Gasteiger partial charge in [0.2, 0.25) is 0 Å². The van der Waals surface area contributed by atoms with Crippen molar-refractivity contribution < 1.29 is 18.0 Å². The second-order valence-electron chi connectivity index (χ2n) is 4.92. The fourth-order valence-electron chi connectivity index (χ4n) is 1.64. The van der Waals surface area contributed by atoms with Crippen molar-refractivity contribution in [2.24, 2.45) is 0 Å². The molecule has 2 N–H and O–H groups in total. The van der Waals surface area contributed by atoms with Gasteiger partial charge in [0.05, 0.1) is 6.54 Å². The van der Waals surface area contributed by atoms with Gasteiger partial charge in [-0.3, -0.25) is 14.9 Å². The lowest BCUT2D eigenvalue weighted by Crippen LogP contribution is -2.24. The Morgan fingerprint density at radius 3 is 2.59 bits per heavy atom. The molecule has 22 heavy (non-hydrogen) atoms. The van der Waals surface area contributed by atoms with E-state index in [0.717, 1.165) is 5.56 Å². The Hall–Kier alpha value is -2.45. The Balaban J connectivity index is 1.96. The molecule has 0 aliphatic heterocycles. The molecule has 0 saturated carbocycles. The molecule has 0 radical (unpaired) electrons. The van der Waals surface area contributed by atoms with Crippen molar-refractivity contribution in [3.05, 3.63) is 41.2 Å². The Bertz CT molecular complexity index is 648. The number of halogens is 3. The number of pyridine rings is 1. The summed E-state index contributed by atoms with van der Waals surface area (Å²) < 4.78 is 37.0. The highest BCUT2D eigenvalue weighted by Crippen LogP contribution is 2.25. The highest BCUT2D eigenvalue weighted by molar-refractivity contribution is 5.92. The third-order valence-electron chi connectivity index (χ3n) is 2.89. The average molecular weight is 313 g/mol. The number of amides is 1. The van der Waals surface area contributed by atoms with Crippen LogP contribution in [0.2, 0.25) is 0 Å². The quantitative estimate of drug-likeness (QED) is 0.907. The zero-order valence-corrected chi connectivity index (χ0v) is 11.9. The molecule has 0 aromatic carbocycles. The van der Waals surface area contributed by atoms with Crippen molar-refractivity contribution in [3.63, 3.8) is 0 Å². The zero-order valence-electron chi connectivity index (χ0n) is 11.9. The highest BCUT2D eigenvalue weighted by atomic mass is 19.4. The Labute approximate surface area is 124 Å². The number of rotatable bonds is 4. The zero-order chi connectivity index (χ0) is 16.3. The molecule has 0 saturated heterocycles. The molecule has 0 bridgehead atoms. The van der Waals surface area contributed by atoms with Gasteiger partial charge in [-0.25, -0.2) is 4.98 Å². The van der Waals surface area contributed by atoms with Gasteiger partial charge in [0, 0.05) is 6.20 Å². The first-order valence-electron chi connectivity index (χ1n) is 6.50. The first kappa shape index (κ1) is 15.9. The lowest BCUT2D eigenvalue weighted by atomic mass is 10.1. The van der Waals surface area contributed by atoms with Gasteiger partial charge in [-0.1, -0.05) is 19.9 Å². The molecule has 0 unspecified atom stereocenters. The third kappa shape index (κ3) is 3.80. The summed E-state index contributed by atoms with van der Waals surface area (Å²) in [6.45, 7) is 3.80. The van der Waals surface area contributed by atoms with E-state index in [4.69, 9.17) is 0 Å². The maximum Gasteiger partial charge on any atom is 0.453 e. The maximum absolute atomic E-state index is 12.3. The van der Waals surface area contributed by atoms with Crippen LogP contribution in [-0.2, 0) is 12.7 Å². The lowest BCUT2D eigenvalue weighted by Gasteiger charge is -2.06. The molecule has 9 heteroatoms. The minimum absolute atomic E-state index is 0.0838. The molecule has 2 aromatic heterocycles. The lowest BCUT2D eigenvalue weighted by molar-refractivity contribution is -0.144. The smallest absolute Gasteiger partial charge is 0.343 e. The summed E-state index contributed by atoms with van der Waals surface area (Å²) >= 11 is 0. The molecule has 0 aliphatic carbocycles.